The molecule has 0 saturated heterocycles. The third-order valence-electron chi connectivity index (χ3n) is 3.49. The average Bonchev–Trinajstić information content (AvgIpc) is 2.93. The van der Waals surface area contributed by atoms with Crippen LogP contribution in [0.25, 0.3) is 0 Å². The molecule has 7 heteroatoms. The molecule has 1 N–H and O–H groups in total. The SMILES string of the molecule is C[C@H](Oc1ccc(Cl)cc1[N+](=O)[O-])C(=O)NC1CCCC1. The molecule has 6 nitrogen and oxygen atoms in total. The van der Waals surface area contributed by atoms with Crippen LogP contribution in [0, 0.1) is 10.1 Å². The molecule has 1 aliphatic rings. The molecule has 0 radical (unpaired) electrons. The van der Waals surface area contributed by atoms with Crippen LogP contribution in [0.2, 0.25) is 5.02 Å². The molecular weight excluding hydrogens is 296 g/mol. The van der Waals surface area contributed by atoms with Gasteiger partial charge in [0.2, 0.25) is 0 Å². The molecule has 1 amide bonds. The molecule has 0 unspecified atom stereocenters. The van der Waals surface area contributed by atoms with Crippen molar-refractivity contribution >= 4 is 23.2 Å². The van der Waals surface area contributed by atoms with Crippen molar-refractivity contribution in [3.63, 3.8) is 0 Å². The summed E-state index contributed by atoms with van der Waals surface area (Å²) in [6, 6.07) is 4.29. The lowest BCUT2D eigenvalue weighted by Gasteiger charge is -2.18. The Bertz CT molecular complexity index is 544. The Morgan fingerprint density at radius 2 is 2.14 bits per heavy atom. The Morgan fingerprint density at radius 1 is 1.48 bits per heavy atom. The number of rotatable bonds is 5. The van der Waals surface area contributed by atoms with E-state index in [9.17, 15) is 14.9 Å². The van der Waals surface area contributed by atoms with Crippen LogP contribution in [0.3, 0.4) is 0 Å². The molecule has 1 aromatic rings. The van der Waals surface area contributed by atoms with E-state index in [1.807, 2.05) is 0 Å². The highest BCUT2D eigenvalue weighted by Gasteiger charge is 2.24. The minimum absolute atomic E-state index is 0.0403. The number of benzene rings is 1. The van der Waals surface area contributed by atoms with Crippen molar-refractivity contribution < 1.29 is 14.5 Å². The molecule has 21 heavy (non-hydrogen) atoms. The molecule has 0 heterocycles. The molecule has 0 aliphatic heterocycles. The van der Waals surface area contributed by atoms with E-state index in [0.29, 0.717) is 0 Å². The Balaban J connectivity index is 2.03. The van der Waals surface area contributed by atoms with Gasteiger partial charge in [0.25, 0.3) is 5.91 Å². The van der Waals surface area contributed by atoms with Crippen LogP contribution >= 0.6 is 11.6 Å². The van der Waals surface area contributed by atoms with Crippen LogP contribution in [0.15, 0.2) is 18.2 Å². The highest BCUT2D eigenvalue weighted by atomic mass is 35.5. The van der Waals surface area contributed by atoms with E-state index in [4.69, 9.17) is 16.3 Å². The summed E-state index contributed by atoms with van der Waals surface area (Å²) in [6.07, 6.45) is 3.37. The van der Waals surface area contributed by atoms with E-state index in [2.05, 4.69) is 5.32 Å². The number of ether oxygens (including phenoxy) is 1. The molecule has 2 rings (SSSR count). The average molecular weight is 313 g/mol. The maximum absolute atomic E-state index is 12.0. The number of hydrogen-bond acceptors (Lipinski definition) is 4. The van der Waals surface area contributed by atoms with Gasteiger partial charge in [-0.2, -0.15) is 0 Å². The minimum Gasteiger partial charge on any atom is -0.474 e. The van der Waals surface area contributed by atoms with Crippen LogP contribution in [0.4, 0.5) is 5.69 Å². The molecular formula is C14H17ClN2O4. The number of carbonyl (C=O) groups excluding carboxylic acids is 1. The van der Waals surface area contributed by atoms with E-state index >= 15 is 0 Å². The molecule has 114 valence electrons. The smallest absolute Gasteiger partial charge is 0.312 e. The second-order valence-electron chi connectivity index (χ2n) is 5.12. The van der Waals surface area contributed by atoms with Crippen LogP contribution in [-0.4, -0.2) is 23.0 Å². The van der Waals surface area contributed by atoms with E-state index in [1.54, 1.807) is 6.92 Å². The quantitative estimate of drug-likeness (QED) is 0.669. The van der Waals surface area contributed by atoms with Crippen molar-refractivity contribution in [2.75, 3.05) is 0 Å². The Labute approximate surface area is 127 Å². The van der Waals surface area contributed by atoms with Gasteiger partial charge in [-0.15, -0.1) is 0 Å². The first-order chi connectivity index (χ1) is 9.97. The maximum atomic E-state index is 12.0. The van der Waals surface area contributed by atoms with Gasteiger partial charge in [0.05, 0.1) is 4.92 Å². The summed E-state index contributed by atoms with van der Waals surface area (Å²) in [5.41, 5.74) is -0.247. The summed E-state index contributed by atoms with van der Waals surface area (Å²) in [6.45, 7) is 1.57. The second kappa shape index (κ2) is 6.76. The number of carbonyl (C=O) groups is 1. The fraction of sp³-hybridized carbons (Fsp3) is 0.500. The molecule has 1 fully saturated rings. The normalized spacial score (nSPS) is 16.5. The Hall–Kier alpha value is -1.82. The van der Waals surface area contributed by atoms with Gasteiger partial charge in [-0.05, 0) is 31.9 Å². The zero-order valence-corrected chi connectivity index (χ0v) is 12.4. The van der Waals surface area contributed by atoms with Crippen LogP contribution in [0.1, 0.15) is 32.6 Å². The summed E-state index contributed by atoms with van der Waals surface area (Å²) in [5.74, 6) is -0.218. The summed E-state index contributed by atoms with van der Waals surface area (Å²) in [7, 11) is 0. The van der Waals surface area contributed by atoms with Crippen LogP contribution < -0.4 is 10.1 Å². The fourth-order valence-corrected chi connectivity index (χ4v) is 2.53. The number of amides is 1. The second-order valence-corrected chi connectivity index (χ2v) is 5.56. The zero-order chi connectivity index (χ0) is 15.4. The van der Waals surface area contributed by atoms with Gasteiger partial charge in [-0.25, -0.2) is 0 Å². The van der Waals surface area contributed by atoms with Crippen molar-refractivity contribution in [2.45, 2.75) is 44.8 Å². The largest absolute Gasteiger partial charge is 0.474 e. The van der Waals surface area contributed by atoms with Gasteiger partial charge in [0.1, 0.15) is 0 Å². The first kappa shape index (κ1) is 15.6. The van der Waals surface area contributed by atoms with E-state index in [0.717, 1.165) is 25.7 Å². The zero-order valence-electron chi connectivity index (χ0n) is 11.7. The summed E-state index contributed by atoms with van der Waals surface area (Å²) >= 11 is 5.73. The third-order valence-corrected chi connectivity index (χ3v) is 3.73. The minimum atomic E-state index is -0.800. The molecule has 0 bridgehead atoms. The van der Waals surface area contributed by atoms with Crippen LogP contribution in [-0.2, 0) is 4.79 Å². The number of nitrogens with zero attached hydrogens (tertiary/aromatic N) is 1. The standard InChI is InChI=1S/C14H17ClN2O4/c1-9(14(18)16-11-4-2-3-5-11)21-13-7-6-10(15)8-12(13)17(19)20/h6-9,11H,2-5H2,1H3,(H,16,18)/t9-/m0/s1. The first-order valence-electron chi connectivity index (χ1n) is 6.88. The predicted molar refractivity (Wildman–Crippen MR) is 78.6 cm³/mol. The molecule has 0 spiro atoms. The number of nitro groups is 1. The Morgan fingerprint density at radius 3 is 2.76 bits per heavy atom. The number of nitrogens with one attached hydrogen (secondary N) is 1. The number of hydrogen-bond donors (Lipinski definition) is 1. The molecule has 0 aromatic heterocycles. The van der Waals surface area contributed by atoms with Gasteiger partial charge in [0, 0.05) is 17.1 Å². The highest BCUT2D eigenvalue weighted by Crippen LogP contribution is 2.30. The van der Waals surface area contributed by atoms with Gasteiger partial charge < -0.3 is 10.1 Å². The van der Waals surface area contributed by atoms with Crippen molar-refractivity contribution in [3.05, 3.63) is 33.3 Å². The molecule has 1 aliphatic carbocycles. The fourth-order valence-electron chi connectivity index (χ4n) is 2.37. The van der Waals surface area contributed by atoms with Crippen molar-refractivity contribution in [3.8, 4) is 5.75 Å². The summed E-state index contributed by atoms with van der Waals surface area (Å²) in [4.78, 5) is 22.4. The Kier molecular flexibility index (Phi) is 5.01. The first-order valence-corrected chi connectivity index (χ1v) is 7.26. The molecule has 1 atom stereocenters. The van der Waals surface area contributed by atoms with E-state index < -0.39 is 11.0 Å². The van der Waals surface area contributed by atoms with Crippen molar-refractivity contribution in [1.82, 2.24) is 5.32 Å². The van der Waals surface area contributed by atoms with E-state index in [1.165, 1.54) is 18.2 Å². The van der Waals surface area contributed by atoms with Crippen molar-refractivity contribution in [1.29, 1.82) is 0 Å². The maximum Gasteiger partial charge on any atom is 0.312 e. The van der Waals surface area contributed by atoms with E-state index in [-0.39, 0.29) is 28.4 Å². The lowest BCUT2D eigenvalue weighted by atomic mass is 10.2. The summed E-state index contributed by atoms with van der Waals surface area (Å²) in [5, 5.41) is 14.1. The van der Waals surface area contributed by atoms with Gasteiger partial charge >= 0.3 is 5.69 Å². The number of nitro benzene ring substituents is 1. The van der Waals surface area contributed by atoms with Gasteiger partial charge in [0.15, 0.2) is 11.9 Å². The monoisotopic (exact) mass is 312 g/mol. The van der Waals surface area contributed by atoms with Crippen molar-refractivity contribution in [2.24, 2.45) is 0 Å². The molecule has 1 saturated carbocycles. The highest BCUT2D eigenvalue weighted by molar-refractivity contribution is 6.30. The van der Waals surface area contributed by atoms with Gasteiger partial charge in [-0.3, -0.25) is 14.9 Å². The predicted octanol–water partition coefficient (Wildman–Crippen LogP) is 3.07. The molecule has 1 aromatic carbocycles. The topological polar surface area (TPSA) is 81.5 Å². The van der Waals surface area contributed by atoms with Gasteiger partial charge in [-0.1, -0.05) is 24.4 Å². The lowest BCUT2D eigenvalue weighted by Crippen LogP contribution is -2.41. The number of halogens is 1. The van der Waals surface area contributed by atoms with Crippen LogP contribution in [0.5, 0.6) is 5.75 Å². The summed E-state index contributed by atoms with van der Waals surface area (Å²) < 4.78 is 5.42. The lowest BCUT2D eigenvalue weighted by molar-refractivity contribution is -0.386. The third kappa shape index (κ3) is 4.07.